The molecule has 0 saturated heterocycles. The van der Waals surface area contributed by atoms with E-state index >= 15 is 0 Å². The lowest BCUT2D eigenvalue weighted by molar-refractivity contribution is -0.139. The summed E-state index contributed by atoms with van der Waals surface area (Å²) in [6.07, 6.45) is 0.245. The zero-order valence-corrected chi connectivity index (χ0v) is 7.53. The van der Waals surface area contributed by atoms with E-state index in [2.05, 4.69) is 5.32 Å². The molecule has 4 heteroatoms. The zero-order chi connectivity index (χ0) is 11.3. The second-order valence-electron chi connectivity index (χ2n) is 2.93. The predicted molar refractivity (Wildman–Crippen MR) is 50.6 cm³/mol. The maximum atomic E-state index is 12.6. The van der Waals surface area contributed by atoms with Crippen molar-refractivity contribution in [2.75, 3.05) is 7.02 Å². The third-order valence-corrected chi connectivity index (χ3v) is 1.90. The molecular weight excluding hydrogens is 185 g/mol. The number of halogens is 1. The van der Waals surface area contributed by atoms with Gasteiger partial charge in [0.2, 0.25) is 0 Å². The molecule has 0 amide bonds. The van der Waals surface area contributed by atoms with Crippen LogP contribution in [-0.2, 0) is 11.2 Å². The number of carbonyl (C=O) groups is 1. The van der Waals surface area contributed by atoms with Crippen molar-refractivity contribution in [3.05, 3.63) is 35.6 Å². The fourth-order valence-electron chi connectivity index (χ4n) is 1.10. The molecule has 0 saturated carbocycles. The summed E-state index contributed by atoms with van der Waals surface area (Å²) in [5.41, 5.74) is 0.727. The smallest absolute Gasteiger partial charge is 0.321 e. The summed E-state index contributed by atoms with van der Waals surface area (Å²) in [5, 5.41) is 11.3. The van der Waals surface area contributed by atoms with E-state index in [0.717, 1.165) is 5.56 Å². The van der Waals surface area contributed by atoms with Crippen molar-refractivity contribution in [1.29, 1.82) is 0 Å². The third-order valence-electron chi connectivity index (χ3n) is 1.90. The Kier molecular flexibility index (Phi) is 3.08. The molecule has 3 nitrogen and oxygen atoms in total. The highest BCUT2D eigenvalue weighted by molar-refractivity contribution is 5.73. The average molecular weight is 198 g/mol. The third kappa shape index (κ3) is 2.81. The molecule has 14 heavy (non-hydrogen) atoms. The lowest BCUT2D eigenvalue weighted by Crippen LogP contribution is -2.35. The molecule has 0 radical (unpaired) electrons. The van der Waals surface area contributed by atoms with Crippen LogP contribution in [0.2, 0.25) is 0 Å². The number of benzene rings is 1. The van der Waals surface area contributed by atoms with Crippen LogP contribution in [0.1, 0.15) is 6.93 Å². The van der Waals surface area contributed by atoms with Crippen LogP contribution in [0.5, 0.6) is 0 Å². The summed E-state index contributed by atoms with van der Waals surface area (Å²) in [5.74, 6) is -1.36. The summed E-state index contributed by atoms with van der Waals surface area (Å²) < 4.78 is 19.5. The van der Waals surface area contributed by atoms with Crippen LogP contribution in [0.3, 0.4) is 0 Å². The molecule has 0 heterocycles. The predicted octanol–water partition coefficient (Wildman–Crippen LogP) is 1.04. The SMILES string of the molecule is [2H]CN[C@@H](Cc1ccc(F)cc1)C(=O)O. The van der Waals surface area contributed by atoms with E-state index in [1.165, 1.54) is 24.3 Å². The number of nitrogens with one attached hydrogen (secondary N) is 1. The first-order chi connectivity index (χ1) is 7.13. The Hall–Kier alpha value is -1.42. The first kappa shape index (κ1) is 9.15. The van der Waals surface area contributed by atoms with Crippen LogP contribution in [0.25, 0.3) is 0 Å². The normalized spacial score (nSPS) is 13.4. The Morgan fingerprint density at radius 3 is 2.79 bits per heavy atom. The van der Waals surface area contributed by atoms with Crippen molar-refractivity contribution in [3.8, 4) is 0 Å². The van der Waals surface area contributed by atoms with Crippen LogP contribution in [0, 0.1) is 5.82 Å². The van der Waals surface area contributed by atoms with Crippen molar-refractivity contribution in [2.45, 2.75) is 12.5 Å². The monoisotopic (exact) mass is 198 g/mol. The topological polar surface area (TPSA) is 49.3 Å². The number of carboxylic acid groups (broad SMARTS) is 1. The van der Waals surface area contributed by atoms with Gasteiger partial charge in [-0.1, -0.05) is 12.1 Å². The van der Waals surface area contributed by atoms with E-state index < -0.39 is 12.0 Å². The van der Waals surface area contributed by atoms with Gasteiger partial charge < -0.3 is 10.4 Å². The summed E-state index contributed by atoms with van der Waals surface area (Å²) in [7, 11) is -0.155. The quantitative estimate of drug-likeness (QED) is 0.760. The van der Waals surface area contributed by atoms with Gasteiger partial charge in [0.15, 0.2) is 0 Å². The highest BCUT2D eigenvalue weighted by Gasteiger charge is 2.14. The molecule has 1 atom stereocenters. The van der Waals surface area contributed by atoms with E-state index in [0.29, 0.717) is 0 Å². The van der Waals surface area contributed by atoms with Gasteiger partial charge in [0.05, 0.1) is 0 Å². The van der Waals surface area contributed by atoms with Crippen LogP contribution in [-0.4, -0.2) is 24.1 Å². The van der Waals surface area contributed by atoms with E-state index in [1.807, 2.05) is 0 Å². The molecule has 0 spiro atoms. The standard InChI is InChI=1S/C10H12FNO2/c1-12-9(10(13)14)6-7-2-4-8(11)5-3-7/h2-5,9,12H,6H2,1H3,(H,13,14)/t9-/m0/s1/i1D. The van der Waals surface area contributed by atoms with Gasteiger partial charge in [0.1, 0.15) is 11.9 Å². The van der Waals surface area contributed by atoms with Gasteiger partial charge in [-0.2, -0.15) is 0 Å². The summed E-state index contributed by atoms with van der Waals surface area (Å²) >= 11 is 0. The van der Waals surface area contributed by atoms with Gasteiger partial charge in [0, 0.05) is 1.37 Å². The first-order valence-corrected chi connectivity index (χ1v) is 4.13. The van der Waals surface area contributed by atoms with E-state index in [9.17, 15) is 9.18 Å². The van der Waals surface area contributed by atoms with Crippen molar-refractivity contribution in [1.82, 2.24) is 5.32 Å². The van der Waals surface area contributed by atoms with E-state index in [1.54, 1.807) is 0 Å². The van der Waals surface area contributed by atoms with Gasteiger partial charge >= 0.3 is 5.97 Å². The number of hydrogen-bond donors (Lipinski definition) is 2. The second kappa shape index (κ2) is 4.72. The maximum absolute atomic E-state index is 12.6. The number of rotatable bonds is 4. The molecule has 1 aromatic carbocycles. The molecule has 0 aliphatic carbocycles. The molecule has 0 aliphatic heterocycles. The Labute approximate surface area is 83.0 Å². The summed E-state index contributed by atoms with van der Waals surface area (Å²) in [6.45, 7) is 0. The summed E-state index contributed by atoms with van der Waals surface area (Å²) in [6, 6.07) is 4.85. The van der Waals surface area contributed by atoms with Crippen LogP contribution in [0.15, 0.2) is 24.3 Å². The molecule has 76 valence electrons. The Balaban J connectivity index is 2.65. The fourth-order valence-corrected chi connectivity index (χ4v) is 1.10. The van der Waals surface area contributed by atoms with Crippen molar-refractivity contribution >= 4 is 5.97 Å². The first-order valence-electron chi connectivity index (χ1n) is 4.84. The van der Waals surface area contributed by atoms with E-state index in [4.69, 9.17) is 6.48 Å². The molecule has 0 aliphatic rings. The average Bonchev–Trinajstić information content (AvgIpc) is 2.20. The molecule has 0 fully saturated rings. The molecule has 2 N–H and O–H groups in total. The Morgan fingerprint density at radius 2 is 2.29 bits per heavy atom. The minimum Gasteiger partial charge on any atom is -0.480 e. The molecule has 0 bridgehead atoms. The molecule has 1 aromatic rings. The number of likely N-dealkylation sites (N-methyl/N-ethyl adjacent to an activating group) is 1. The molecule has 0 aromatic heterocycles. The number of hydrogen-bond acceptors (Lipinski definition) is 2. The molecule has 1 rings (SSSR count). The molecule has 0 unspecified atom stereocenters. The van der Waals surface area contributed by atoms with Gasteiger partial charge in [-0.25, -0.2) is 4.39 Å². The minimum atomic E-state index is -1.01. The van der Waals surface area contributed by atoms with Crippen molar-refractivity contribution < 1.29 is 15.7 Å². The van der Waals surface area contributed by atoms with Crippen LogP contribution in [0.4, 0.5) is 4.39 Å². The molecular formula is C10H12FNO2. The lowest BCUT2D eigenvalue weighted by Gasteiger charge is -2.10. The Morgan fingerprint density at radius 1 is 1.64 bits per heavy atom. The highest BCUT2D eigenvalue weighted by atomic mass is 19.1. The van der Waals surface area contributed by atoms with Gasteiger partial charge in [-0.15, -0.1) is 0 Å². The number of carboxylic acids is 1. The summed E-state index contributed by atoms with van der Waals surface area (Å²) in [4.78, 5) is 10.7. The largest absolute Gasteiger partial charge is 0.480 e. The Bertz CT molecular complexity index is 329. The minimum absolute atomic E-state index is 0.155. The van der Waals surface area contributed by atoms with Gasteiger partial charge in [-0.3, -0.25) is 4.79 Å². The van der Waals surface area contributed by atoms with Crippen LogP contribution < -0.4 is 5.32 Å². The highest BCUT2D eigenvalue weighted by Crippen LogP contribution is 2.05. The van der Waals surface area contributed by atoms with E-state index in [-0.39, 0.29) is 19.3 Å². The van der Waals surface area contributed by atoms with Crippen molar-refractivity contribution in [3.63, 3.8) is 0 Å². The van der Waals surface area contributed by atoms with Gasteiger partial charge in [-0.05, 0) is 31.1 Å². The van der Waals surface area contributed by atoms with Gasteiger partial charge in [0.25, 0.3) is 0 Å². The van der Waals surface area contributed by atoms with Crippen molar-refractivity contribution in [2.24, 2.45) is 0 Å². The second-order valence-corrected chi connectivity index (χ2v) is 2.93. The van der Waals surface area contributed by atoms with Crippen LogP contribution >= 0.6 is 0 Å². The fraction of sp³-hybridized carbons (Fsp3) is 0.300. The zero-order valence-electron chi connectivity index (χ0n) is 8.53. The maximum Gasteiger partial charge on any atom is 0.321 e. The lowest BCUT2D eigenvalue weighted by atomic mass is 10.1. The number of aliphatic carboxylic acids is 1.